The lowest BCUT2D eigenvalue weighted by Crippen LogP contribution is -2.42. The Morgan fingerprint density at radius 3 is 2.65 bits per heavy atom. The summed E-state index contributed by atoms with van der Waals surface area (Å²) in [6.45, 7) is 0. The summed E-state index contributed by atoms with van der Waals surface area (Å²) in [6, 6.07) is 3.24. The van der Waals surface area contributed by atoms with Crippen molar-refractivity contribution in [3.8, 4) is 0 Å². The highest BCUT2D eigenvalue weighted by molar-refractivity contribution is 7.99. The Labute approximate surface area is 135 Å². The second-order valence-corrected chi connectivity index (χ2v) is 5.83. The van der Waals surface area contributed by atoms with Crippen molar-refractivity contribution in [2.24, 2.45) is 0 Å². The van der Waals surface area contributed by atoms with Crippen LogP contribution in [0.1, 0.15) is 15.5 Å². The van der Waals surface area contributed by atoms with E-state index in [4.69, 9.17) is 5.84 Å². The molecule has 0 saturated heterocycles. The molecule has 124 valence electrons. The SMILES string of the molecule is Nn1c(SCC(=O)NNC(=O)c2cccs2)nnc1C(F)(F)F. The Hall–Kier alpha value is -2.28. The molecule has 0 saturated carbocycles. The molecule has 2 amide bonds. The van der Waals surface area contributed by atoms with Gasteiger partial charge < -0.3 is 5.84 Å². The van der Waals surface area contributed by atoms with Crippen LogP contribution in [0.2, 0.25) is 0 Å². The van der Waals surface area contributed by atoms with Crippen molar-refractivity contribution in [2.45, 2.75) is 11.3 Å². The Bertz CT molecular complexity index is 700. The molecule has 13 heteroatoms. The maximum Gasteiger partial charge on any atom is 0.453 e. The van der Waals surface area contributed by atoms with Crippen LogP contribution in [0, 0.1) is 0 Å². The summed E-state index contributed by atoms with van der Waals surface area (Å²) in [6.07, 6.45) is -4.74. The van der Waals surface area contributed by atoms with E-state index < -0.39 is 23.8 Å². The molecule has 0 radical (unpaired) electrons. The molecule has 0 aromatic carbocycles. The number of nitrogens with one attached hydrogen (secondary N) is 2. The van der Waals surface area contributed by atoms with Crippen molar-refractivity contribution in [3.05, 3.63) is 28.2 Å². The van der Waals surface area contributed by atoms with Crippen LogP contribution in [0.25, 0.3) is 0 Å². The Balaban J connectivity index is 1.83. The predicted octanol–water partition coefficient (Wildman–Crippen LogP) is 0.626. The average Bonchev–Trinajstić information content (AvgIpc) is 3.11. The van der Waals surface area contributed by atoms with Crippen molar-refractivity contribution in [1.29, 1.82) is 0 Å². The number of nitrogen functional groups attached to an aromatic ring is 1. The summed E-state index contributed by atoms with van der Waals surface area (Å²) in [5.74, 6) is 2.39. The van der Waals surface area contributed by atoms with Gasteiger partial charge in [0, 0.05) is 0 Å². The summed E-state index contributed by atoms with van der Waals surface area (Å²) in [5, 5.41) is 7.58. The number of rotatable bonds is 4. The third-order valence-corrected chi connectivity index (χ3v) is 4.12. The van der Waals surface area contributed by atoms with Crippen LogP contribution in [0.5, 0.6) is 0 Å². The smallest absolute Gasteiger partial charge is 0.335 e. The molecular formula is C10H9F3N6O2S2. The number of thiophene rings is 1. The summed E-state index contributed by atoms with van der Waals surface area (Å²) in [4.78, 5) is 23.5. The molecule has 0 bridgehead atoms. The monoisotopic (exact) mass is 366 g/mol. The van der Waals surface area contributed by atoms with E-state index in [1.165, 1.54) is 11.3 Å². The van der Waals surface area contributed by atoms with Crippen molar-refractivity contribution in [1.82, 2.24) is 25.7 Å². The number of carbonyl (C=O) groups excluding carboxylic acids is 2. The quantitative estimate of drug-likeness (QED) is 0.415. The van der Waals surface area contributed by atoms with Gasteiger partial charge in [-0.2, -0.15) is 13.2 Å². The van der Waals surface area contributed by atoms with Gasteiger partial charge in [-0.3, -0.25) is 20.4 Å². The molecule has 0 atom stereocenters. The second kappa shape index (κ2) is 6.87. The van der Waals surface area contributed by atoms with Crippen LogP contribution >= 0.6 is 23.1 Å². The number of carbonyl (C=O) groups is 2. The van der Waals surface area contributed by atoms with Crippen LogP contribution in [0.4, 0.5) is 13.2 Å². The topological polar surface area (TPSA) is 115 Å². The minimum Gasteiger partial charge on any atom is -0.335 e. The number of hydrazine groups is 1. The van der Waals surface area contributed by atoms with Gasteiger partial charge in [-0.15, -0.1) is 21.5 Å². The van der Waals surface area contributed by atoms with Gasteiger partial charge in [0.1, 0.15) is 0 Å². The molecule has 0 aliphatic heterocycles. The fourth-order valence-corrected chi connectivity index (χ4v) is 2.61. The van der Waals surface area contributed by atoms with E-state index >= 15 is 0 Å². The third kappa shape index (κ3) is 4.35. The van der Waals surface area contributed by atoms with Crippen LogP contribution in [-0.2, 0) is 11.0 Å². The second-order valence-electron chi connectivity index (χ2n) is 3.94. The van der Waals surface area contributed by atoms with Gasteiger partial charge in [0.15, 0.2) is 0 Å². The maximum atomic E-state index is 12.5. The van der Waals surface area contributed by atoms with Crippen molar-refractivity contribution in [2.75, 3.05) is 11.6 Å². The molecule has 0 fully saturated rings. The summed E-state index contributed by atoms with van der Waals surface area (Å²) < 4.78 is 37.7. The van der Waals surface area contributed by atoms with E-state index in [0.717, 1.165) is 0 Å². The van der Waals surface area contributed by atoms with E-state index in [2.05, 4.69) is 21.0 Å². The first-order chi connectivity index (χ1) is 10.8. The average molecular weight is 366 g/mol. The van der Waals surface area contributed by atoms with Crippen LogP contribution in [0.3, 0.4) is 0 Å². The number of aromatic nitrogens is 3. The van der Waals surface area contributed by atoms with E-state index in [1.807, 2.05) is 0 Å². The zero-order valence-electron chi connectivity index (χ0n) is 11.1. The molecule has 8 nitrogen and oxygen atoms in total. The summed E-state index contributed by atoms with van der Waals surface area (Å²) in [5.41, 5.74) is 4.29. The molecule has 2 rings (SSSR count). The van der Waals surface area contributed by atoms with Crippen LogP contribution in [-0.4, -0.2) is 32.4 Å². The zero-order chi connectivity index (χ0) is 17.0. The number of hydrogen-bond donors (Lipinski definition) is 3. The lowest BCUT2D eigenvalue weighted by molar-refractivity contribution is -0.146. The highest BCUT2D eigenvalue weighted by atomic mass is 32.2. The first kappa shape index (κ1) is 17.1. The lowest BCUT2D eigenvalue weighted by Gasteiger charge is -2.07. The highest BCUT2D eigenvalue weighted by Gasteiger charge is 2.38. The summed E-state index contributed by atoms with van der Waals surface area (Å²) in [7, 11) is 0. The van der Waals surface area contributed by atoms with Crippen LogP contribution in [0.15, 0.2) is 22.7 Å². The van der Waals surface area contributed by atoms with E-state index in [0.29, 0.717) is 16.6 Å². The van der Waals surface area contributed by atoms with E-state index in [1.54, 1.807) is 17.5 Å². The minimum absolute atomic E-state index is 0.252. The Kier molecular flexibility index (Phi) is 5.10. The van der Waals surface area contributed by atoms with Gasteiger partial charge in [0.2, 0.25) is 11.1 Å². The number of halogens is 3. The molecule has 0 unspecified atom stereocenters. The Morgan fingerprint density at radius 2 is 2.09 bits per heavy atom. The largest absolute Gasteiger partial charge is 0.453 e. The Morgan fingerprint density at radius 1 is 1.35 bits per heavy atom. The van der Waals surface area contributed by atoms with E-state index in [9.17, 15) is 22.8 Å². The van der Waals surface area contributed by atoms with Gasteiger partial charge in [-0.05, 0) is 11.4 Å². The van der Waals surface area contributed by atoms with Gasteiger partial charge in [-0.1, -0.05) is 17.8 Å². The van der Waals surface area contributed by atoms with Gasteiger partial charge in [-0.25, -0.2) is 4.68 Å². The van der Waals surface area contributed by atoms with Crippen molar-refractivity contribution < 1.29 is 22.8 Å². The number of hydrogen-bond acceptors (Lipinski definition) is 7. The van der Waals surface area contributed by atoms with Crippen molar-refractivity contribution in [3.63, 3.8) is 0 Å². The minimum atomic E-state index is -4.74. The van der Waals surface area contributed by atoms with Gasteiger partial charge in [0.25, 0.3) is 11.7 Å². The fourth-order valence-electron chi connectivity index (χ4n) is 1.33. The van der Waals surface area contributed by atoms with E-state index in [-0.39, 0.29) is 15.6 Å². The van der Waals surface area contributed by atoms with Gasteiger partial charge in [0.05, 0.1) is 10.6 Å². The molecule has 2 heterocycles. The summed E-state index contributed by atoms with van der Waals surface area (Å²) >= 11 is 1.83. The first-order valence-electron chi connectivity index (χ1n) is 5.82. The predicted molar refractivity (Wildman–Crippen MR) is 75.8 cm³/mol. The molecule has 2 aromatic heterocycles. The third-order valence-electron chi connectivity index (χ3n) is 2.31. The number of alkyl halides is 3. The molecular weight excluding hydrogens is 357 g/mol. The maximum absolute atomic E-state index is 12.5. The number of amides is 2. The first-order valence-corrected chi connectivity index (χ1v) is 7.68. The fraction of sp³-hybridized carbons (Fsp3) is 0.200. The molecule has 0 aliphatic carbocycles. The van der Waals surface area contributed by atoms with Crippen LogP contribution < -0.4 is 16.7 Å². The molecule has 23 heavy (non-hydrogen) atoms. The molecule has 0 spiro atoms. The molecule has 0 aliphatic rings. The molecule has 2 aromatic rings. The zero-order valence-corrected chi connectivity index (χ0v) is 12.8. The van der Waals surface area contributed by atoms with Gasteiger partial charge >= 0.3 is 6.18 Å². The number of nitrogens with zero attached hydrogens (tertiary/aromatic N) is 3. The number of thioether (sulfide) groups is 1. The van der Waals surface area contributed by atoms with Crippen molar-refractivity contribution >= 4 is 34.9 Å². The standard InChI is InChI=1S/C10H9F3N6O2S2/c11-10(12,13)8-17-18-9(19(8)14)23-4-6(20)15-16-7(21)5-2-1-3-22-5/h1-3H,4,14H2,(H,15,20)(H,16,21). The highest BCUT2D eigenvalue weighted by Crippen LogP contribution is 2.28. The lowest BCUT2D eigenvalue weighted by atomic mass is 10.4. The molecule has 4 N–H and O–H groups in total. The number of nitrogens with two attached hydrogens (primary N) is 1. The normalized spacial score (nSPS) is 11.3.